The van der Waals surface area contributed by atoms with Crippen LogP contribution >= 0.6 is 0 Å². The number of amides is 2. The van der Waals surface area contributed by atoms with Crippen molar-refractivity contribution in [3.05, 3.63) is 54.5 Å². The molecule has 2 aliphatic heterocycles. The van der Waals surface area contributed by atoms with Crippen LogP contribution in [0.15, 0.2) is 48.7 Å². The van der Waals surface area contributed by atoms with Gasteiger partial charge in [-0.3, -0.25) is 0 Å². The van der Waals surface area contributed by atoms with E-state index in [-0.39, 0.29) is 12.8 Å². The monoisotopic (exact) mass is 376 g/mol. The molecule has 0 bridgehead atoms. The van der Waals surface area contributed by atoms with Gasteiger partial charge in [0.05, 0.1) is 11.4 Å². The maximum Gasteiger partial charge on any atom is 0.323 e. The van der Waals surface area contributed by atoms with Crippen molar-refractivity contribution in [3.8, 4) is 22.8 Å². The Hall–Kier alpha value is -3.48. The molecule has 2 aliphatic rings. The molecule has 2 N–H and O–H groups in total. The fourth-order valence-electron chi connectivity index (χ4n) is 3.62. The maximum atomic E-state index is 12.5. The first-order valence-electron chi connectivity index (χ1n) is 9.39. The van der Waals surface area contributed by atoms with E-state index in [1.807, 2.05) is 24.3 Å². The van der Waals surface area contributed by atoms with Gasteiger partial charge in [-0.15, -0.1) is 0 Å². The van der Waals surface area contributed by atoms with Crippen LogP contribution in [0.1, 0.15) is 18.7 Å². The molecule has 0 spiro atoms. The number of ether oxygens (including phenoxy) is 2. The molecule has 2 amide bonds. The lowest BCUT2D eigenvalue weighted by Crippen LogP contribution is -2.19. The summed E-state index contributed by atoms with van der Waals surface area (Å²) in [7, 11) is 0. The fraction of sp³-hybridized carbons (Fsp3) is 0.238. The number of aryl methyl sites for hydroxylation is 2. The Labute approximate surface area is 162 Å². The second kappa shape index (κ2) is 6.92. The van der Waals surface area contributed by atoms with Gasteiger partial charge in [-0.1, -0.05) is 18.2 Å². The topological polar surface area (TPSA) is 77.4 Å². The van der Waals surface area contributed by atoms with E-state index in [4.69, 9.17) is 14.5 Å². The molecule has 0 unspecified atom stereocenters. The third-order valence-electron chi connectivity index (χ3n) is 4.99. The van der Waals surface area contributed by atoms with Gasteiger partial charge < -0.3 is 24.7 Å². The number of hydrogen-bond acceptors (Lipinski definition) is 4. The lowest BCUT2D eigenvalue weighted by atomic mass is 10.1. The van der Waals surface area contributed by atoms with Crippen LogP contribution in [0.4, 0.5) is 16.2 Å². The highest BCUT2D eigenvalue weighted by Gasteiger charge is 2.17. The SMILES string of the molecule is O=C(Nc1ccc2c(c1)OCO2)Nc1ccccc1-c1cn2c(n1)CCCC2. The molecule has 3 heterocycles. The standard InChI is InChI=1S/C21H20N4O3/c26-21(22-14-8-9-18-19(11-14)28-13-27-18)24-16-6-2-1-5-15(16)17-12-25-10-4-3-7-20(25)23-17/h1-2,5-6,8-9,11-12H,3-4,7,10,13H2,(H2,22,24,26). The van der Waals surface area contributed by atoms with Gasteiger partial charge >= 0.3 is 6.03 Å². The summed E-state index contributed by atoms with van der Waals surface area (Å²) >= 11 is 0. The van der Waals surface area contributed by atoms with Crippen molar-refractivity contribution in [1.29, 1.82) is 0 Å². The van der Waals surface area contributed by atoms with Gasteiger partial charge in [0.25, 0.3) is 0 Å². The number of hydrogen-bond donors (Lipinski definition) is 2. The van der Waals surface area contributed by atoms with Crippen LogP contribution in [0.25, 0.3) is 11.3 Å². The maximum absolute atomic E-state index is 12.5. The summed E-state index contributed by atoms with van der Waals surface area (Å²) in [6, 6.07) is 12.7. The molecule has 1 aromatic heterocycles. The number of anilines is 2. The Bertz CT molecular complexity index is 1020. The molecule has 0 atom stereocenters. The average Bonchev–Trinajstić information content (AvgIpc) is 3.34. The summed E-state index contributed by atoms with van der Waals surface area (Å²) in [6.45, 7) is 1.20. The lowest BCUT2D eigenvalue weighted by Gasteiger charge is -2.11. The number of nitrogens with zero attached hydrogens (tertiary/aromatic N) is 2. The van der Waals surface area contributed by atoms with E-state index in [0.29, 0.717) is 17.2 Å². The van der Waals surface area contributed by atoms with Crippen molar-refractivity contribution in [2.45, 2.75) is 25.8 Å². The first kappa shape index (κ1) is 16.7. The molecule has 142 valence electrons. The molecule has 2 aromatic carbocycles. The number of para-hydroxylation sites is 1. The number of rotatable bonds is 3. The van der Waals surface area contributed by atoms with E-state index >= 15 is 0 Å². The van der Waals surface area contributed by atoms with E-state index in [0.717, 1.165) is 35.7 Å². The minimum absolute atomic E-state index is 0.201. The first-order chi connectivity index (χ1) is 13.8. The Morgan fingerprint density at radius 2 is 1.93 bits per heavy atom. The Morgan fingerprint density at radius 3 is 2.86 bits per heavy atom. The van der Waals surface area contributed by atoms with E-state index in [1.54, 1.807) is 18.2 Å². The molecule has 3 aromatic rings. The number of aromatic nitrogens is 2. The van der Waals surface area contributed by atoms with Crippen LogP contribution in [0.5, 0.6) is 11.5 Å². The highest BCUT2D eigenvalue weighted by atomic mass is 16.7. The largest absolute Gasteiger partial charge is 0.454 e. The minimum atomic E-state index is -0.324. The minimum Gasteiger partial charge on any atom is -0.454 e. The Morgan fingerprint density at radius 1 is 1.04 bits per heavy atom. The summed E-state index contributed by atoms with van der Waals surface area (Å²) in [5, 5.41) is 5.77. The third kappa shape index (κ3) is 3.15. The quantitative estimate of drug-likeness (QED) is 0.716. The van der Waals surface area contributed by atoms with Crippen LogP contribution in [0.3, 0.4) is 0 Å². The zero-order chi connectivity index (χ0) is 18.9. The van der Waals surface area contributed by atoms with E-state index < -0.39 is 0 Å². The molecule has 5 rings (SSSR count). The van der Waals surface area contributed by atoms with Crippen LogP contribution in [-0.4, -0.2) is 22.4 Å². The molecule has 28 heavy (non-hydrogen) atoms. The van der Waals surface area contributed by atoms with Gasteiger partial charge in [0, 0.05) is 36.5 Å². The Balaban J connectivity index is 1.35. The fourth-order valence-corrected chi connectivity index (χ4v) is 3.62. The second-order valence-corrected chi connectivity index (χ2v) is 6.89. The second-order valence-electron chi connectivity index (χ2n) is 6.89. The molecule has 7 nitrogen and oxygen atoms in total. The number of carbonyl (C=O) groups is 1. The lowest BCUT2D eigenvalue weighted by molar-refractivity contribution is 0.174. The predicted octanol–water partition coefficient (Wildman–Crippen LogP) is 4.26. The van der Waals surface area contributed by atoms with Gasteiger partial charge in [-0.05, 0) is 31.0 Å². The summed E-state index contributed by atoms with van der Waals surface area (Å²) in [6.07, 6.45) is 5.43. The van der Waals surface area contributed by atoms with E-state index in [2.05, 4.69) is 21.4 Å². The number of benzene rings is 2. The van der Waals surface area contributed by atoms with E-state index in [1.165, 1.54) is 12.8 Å². The van der Waals surface area contributed by atoms with Crippen LogP contribution < -0.4 is 20.1 Å². The Kier molecular flexibility index (Phi) is 4.12. The van der Waals surface area contributed by atoms with Gasteiger partial charge in [0.1, 0.15) is 5.82 Å². The van der Waals surface area contributed by atoms with Gasteiger partial charge in [0.15, 0.2) is 11.5 Å². The zero-order valence-electron chi connectivity index (χ0n) is 15.3. The van der Waals surface area contributed by atoms with Crippen molar-refractivity contribution in [2.24, 2.45) is 0 Å². The van der Waals surface area contributed by atoms with Crippen molar-refractivity contribution < 1.29 is 14.3 Å². The van der Waals surface area contributed by atoms with E-state index in [9.17, 15) is 4.79 Å². The summed E-state index contributed by atoms with van der Waals surface area (Å²) in [5.74, 6) is 2.42. The third-order valence-corrected chi connectivity index (χ3v) is 4.99. The highest BCUT2D eigenvalue weighted by molar-refractivity contribution is 6.02. The summed E-state index contributed by atoms with van der Waals surface area (Å²) in [4.78, 5) is 17.3. The summed E-state index contributed by atoms with van der Waals surface area (Å²) in [5.41, 5.74) is 3.15. The molecule has 0 saturated heterocycles. The number of nitrogens with one attached hydrogen (secondary N) is 2. The number of carbonyl (C=O) groups excluding carboxylic acids is 1. The molecule has 0 aliphatic carbocycles. The van der Waals surface area contributed by atoms with Crippen LogP contribution in [0.2, 0.25) is 0 Å². The molecule has 0 fully saturated rings. The molecular formula is C21H20N4O3. The zero-order valence-corrected chi connectivity index (χ0v) is 15.3. The predicted molar refractivity (Wildman–Crippen MR) is 106 cm³/mol. The molecule has 0 saturated carbocycles. The van der Waals surface area contributed by atoms with Gasteiger partial charge in [-0.25, -0.2) is 9.78 Å². The van der Waals surface area contributed by atoms with Crippen molar-refractivity contribution >= 4 is 17.4 Å². The molecular weight excluding hydrogens is 356 g/mol. The molecule has 7 heteroatoms. The average molecular weight is 376 g/mol. The normalized spacial score (nSPS) is 14.4. The summed E-state index contributed by atoms with van der Waals surface area (Å²) < 4.78 is 12.9. The number of urea groups is 1. The number of imidazole rings is 1. The van der Waals surface area contributed by atoms with Crippen molar-refractivity contribution in [1.82, 2.24) is 9.55 Å². The molecule has 0 radical (unpaired) electrons. The number of fused-ring (bicyclic) bond motifs is 2. The highest BCUT2D eigenvalue weighted by Crippen LogP contribution is 2.34. The van der Waals surface area contributed by atoms with Crippen LogP contribution in [-0.2, 0) is 13.0 Å². The first-order valence-corrected chi connectivity index (χ1v) is 9.39. The van der Waals surface area contributed by atoms with Gasteiger partial charge in [-0.2, -0.15) is 0 Å². The van der Waals surface area contributed by atoms with Crippen LogP contribution in [0, 0.1) is 0 Å². The van der Waals surface area contributed by atoms with Gasteiger partial charge in [0.2, 0.25) is 6.79 Å². The van der Waals surface area contributed by atoms with Crippen molar-refractivity contribution in [3.63, 3.8) is 0 Å². The smallest absolute Gasteiger partial charge is 0.323 e. The van der Waals surface area contributed by atoms with Crippen molar-refractivity contribution in [2.75, 3.05) is 17.4 Å².